The topological polar surface area (TPSA) is 101 Å². The highest BCUT2D eigenvalue weighted by atomic mass is 19.1. The van der Waals surface area contributed by atoms with Crippen LogP contribution < -0.4 is 9.64 Å². The number of nitrogens with zero attached hydrogens (tertiary/aromatic N) is 6. The Bertz CT molecular complexity index is 2040. The number of H-pyrrole nitrogens is 1. The van der Waals surface area contributed by atoms with E-state index in [1.807, 2.05) is 30.3 Å². The Morgan fingerprint density at radius 2 is 1.93 bits per heavy atom. The number of rotatable bonds is 5. The Morgan fingerprint density at radius 1 is 1.13 bits per heavy atom. The number of carbonyl (C=O) groups excluding carboxylic acids is 1. The number of carbonyl (C=O) groups is 1. The molecule has 0 radical (unpaired) electrons. The third-order valence-electron chi connectivity index (χ3n) is 8.89. The van der Waals surface area contributed by atoms with Crippen molar-refractivity contribution in [3.63, 3.8) is 0 Å². The smallest absolute Gasteiger partial charge is 0.246 e. The number of amides is 1. The first-order valence-electron chi connectivity index (χ1n) is 15.0. The average molecular weight is 602 g/mol. The van der Waals surface area contributed by atoms with Crippen molar-refractivity contribution in [1.82, 2.24) is 25.0 Å². The average Bonchev–Trinajstić information content (AvgIpc) is 3.56. The number of hydrogen-bond acceptors (Lipinski definition) is 7. The molecule has 0 unspecified atom stereocenters. The van der Waals surface area contributed by atoms with Gasteiger partial charge in [0.05, 0.1) is 23.0 Å². The standard InChI is InChI=1S/C35H32FN7O2/c1-4-30(44)42-13-15-43(16-14-42)34-25-9-6-10-29(45-35-21(2)17-28(36)32-27(35)19-38-40-32)33(25)39-31(26(34)18-37)24-8-5-7-22-20-41(3)12-11-23(22)24/h4-10,17,19H,1,11-16,20H2,2-3H3,(H,38,40). The summed E-state index contributed by atoms with van der Waals surface area (Å²) in [6, 6.07) is 15.8. The van der Waals surface area contributed by atoms with Gasteiger partial charge in [0.15, 0.2) is 5.75 Å². The molecular formula is C35H32FN7O2. The molecule has 9 nitrogen and oxygen atoms in total. The van der Waals surface area contributed by atoms with Crippen molar-refractivity contribution in [2.24, 2.45) is 0 Å². The number of aryl methyl sites for hydroxylation is 1. The fourth-order valence-electron chi connectivity index (χ4n) is 6.63. The van der Waals surface area contributed by atoms with Gasteiger partial charge in [-0.3, -0.25) is 9.89 Å². The minimum atomic E-state index is -0.403. The van der Waals surface area contributed by atoms with Crippen molar-refractivity contribution >= 4 is 33.4 Å². The number of nitrogens with one attached hydrogen (secondary N) is 1. The molecule has 10 heteroatoms. The lowest BCUT2D eigenvalue weighted by Gasteiger charge is -2.37. The molecule has 2 aromatic heterocycles. The van der Waals surface area contributed by atoms with Crippen molar-refractivity contribution in [2.45, 2.75) is 19.9 Å². The van der Waals surface area contributed by atoms with Gasteiger partial charge in [-0.25, -0.2) is 9.37 Å². The summed E-state index contributed by atoms with van der Waals surface area (Å²) >= 11 is 0. The summed E-state index contributed by atoms with van der Waals surface area (Å²) < 4.78 is 21.3. The highest BCUT2D eigenvalue weighted by Crippen LogP contribution is 2.43. The van der Waals surface area contributed by atoms with Gasteiger partial charge in [0.25, 0.3) is 0 Å². The molecule has 2 aliphatic rings. The normalized spacial score (nSPS) is 15.2. The van der Waals surface area contributed by atoms with Gasteiger partial charge in [-0.1, -0.05) is 36.9 Å². The van der Waals surface area contributed by atoms with E-state index in [2.05, 4.69) is 45.8 Å². The number of aromatic amines is 1. The second-order valence-corrected chi connectivity index (χ2v) is 11.7. The molecule has 0 bridgehead atoms. The van der Waals surface area contributed by atoms with E-state index in [-0.39, 0.29) is 11.4 Å². The summed E-state index contributed by atoms with van der Waals surface area (Å²) in [5.74, 6) is 0.465. The van der Waals surface area contributed by atoms with E-state index >= 15 is 0 Å². The molecule has 4 heterocycles. The number of ether oxygens (including phenoxy) is 1. The molecule has 1 N–H and O–H groups in total. The van der Waals surface area contributed by atoms with Gasteiger partial charge >= 0.3 is 0 Å². The Hall–Kier alpha value is -5.27. The highest BCUT2D eigenvalue weighted by molar-refractivity contribution is 6.02. The zero-order valence-corrected chi connectivity index (χ0v) is 25.2. The molecule has 1 fully saturated rings. The lowest BCUT2D eigenvalue weighted by molar-refractivity contribution is -0.126. The van der Waals surface area contributed by atoms with Crippen molar-refractivity contribution in [3.8, 4) is 28.8 Å². The number of para-hydroxylation sites is 1. The predicted molar refractivity (Wildman–Crippen MR) is 172 cm³/mol. The monoisotopic (exact) mass is 601 g/mol. The second kappa shape index (κ2) is 11.3. The lowest BCUT2D eigenvalue weighted by atomic mass is 9.90. The zero-order valence-electron chi connectivity index (χ0n) is 25.2. The third kappa shape index (κ3) is 4.86. The summed E-state index contributed by atoms with van der Waals surface area (Å²) in [6.07, 6.45) is 3.74. The van der Waals surface area contributed by atoms with E-state index in [1.54, 1.807) is 18.0 Å². The van der Waals surface area contributed by atoms with Crippen LogP contribution in [0.25, 0.3) is 33.1 Å². The first-order valence-corrected chi connectivity index (χ1v) is 15.0. The number of fused-ring (bicyclic) bond motifs is 3. The number of anilines is 1. The maximum Gasteiger partial charge on any atom is 0.246 e. The highest BCUT2D eigenvalue weighted by Gasteiger charge is 2.29. The maximum atomic E-state index is 14.7. The molecule has 226 valence electrons. The Labute approximate surface area is 260 Å². The van der Waals surface area contributed by atoms with Crippen LogP contribution in [0.5, 0.6) is 11.5 Å². The van der Waals surface area contributed by atoms with Crippen LogP contribution >= 0.6 is 0 Å². The molecule has 0 saturated carbocycles. The molecule has 7 rings (SSSR count). The Balaban J connectivity index is 1.45. The van der Waals surface area contributed by atoms with Crippen molar-refractivity contribution < 1.29 is 13.9 Å². The van der Waals surface area contributed by atoms with Crippen LogP contribution in [-0.2, 0) is 17.8 Å². The first-order chi connectivity index (χ1) is 21.9. The molecule has 1 amide bonds. The fraction of sp³-hybridized carbons (Fsp3) is 0.257. The van der Waals surface area contributed by atoms with Crippen LogP contribution in [0.3, 0.4) is 0 Å². The van der Waals surface area contributed by atoms with E-state index < -0.39 is 5.82 Å². The summed E-state index contributed by atoms with van der Waals surface area (Å²) in [7, 11) is 2.11. The summed E-state index contributed by atoms with van der Waals surface area (Å²) in [5, 5.41) is 18.8. The quantitative estimate of drug-likeness (QED) is 0.258. The van der Waals surface area contributed by atoms with Gasteiger partial charge in [0.2, 0.25) is 5.91 Å². The molecule has 0 atom stereocenters. The van der Waals surface area contributed by atoms with Gasteiger partial charge in [0.1, 0.15) is 34.2 Å². The number of pyridine rings is 1. The van der Waals surface area contributed by atoms with Gasteiger partial charge in [-0.15, -0.1) is 0 Å². The van der Waals surface area contributed by atoms with Crippen LogP contribution in [0.2, 0.25) is 0 Å². The SMILES string of the molecule is C=CC(=O)N1CCN(c2c(C#N)c(-c3cccc4c3CCN(C)C4)nc3c(Oc4c(C)cc(F)c5[nH]ncc45)cccc23)CC1. The molecule has 0 aliphatic carbocycles. The van der Waals surface area contributed by atoms with Crippen LogP contribution in [0.1, 0.15) is 22.3 Å². The van der Waals surface area contributed by atoms with E-state index in [9.17, 15) is 14.4 Å². The van der Waals surface area contributed by atoms with Crippen LogP contribution in [-0.4, -0.2) is 70.7 Å². The molecular weight excluding hydrogens is 569 g/mol. The van der Waals surface area contributed by atoms with Crippen molar-refractivity contribution in [3.05, 3.63) is 89.4 Å². The molecule has 0 spiro atoms. The molecule has 45 heavy (non-hydrogen) atoms. The minimum Gasteiger partial charge on any atom is -0.454 e. The maximum absolute atomic E-state index is 14.7. The van der Waals surface area contributed by atoms with Crippen molar-refractivity contribution in [2.75, 3.05) is 44.7 Å². The van der Waals surface area contributed by atoms with E-state index in [1.165, 1.54) is 23.3 Å². The largest absolute Gasteiger partial charge is 0.454 e. The number of hydrogen-bond donors (Lipinski definition) is 1. The lowest BCUT2D eigenvalue weighted by Crippen LogP contribution is -2.48. The first kappa shape index (κ1) is 28.5. The number of nitriles is 1. The van der Waals surface area contributed by atoms with Crippen molar-refractivity contribution in [1.29, 1.82) is 5.26 Å². The van der Waals surface area contributed by atoms with Gasteiger partial charge < -0.3 is 19.4 Å². The van der Waals surface area contributed by atoms with E-state index in [0.29, 0.717) is 65.4 Å². The van der Waals surface area contributed by atoms with E-state index in [4.69, 9.17) is 9.72 Å². The van der Waals surface area contributed by atoms with Crippen LogP contribution in [0.15, 0.2) is 61.3 Å². The van der Waals surface area contributed by atoms with Gasteiger partial charge in [-0.05, 0) is 55.3 Å². The molecule has 1 saturated heterocycles. The Morgan fingerprint density at radius 3 is 2.71 bits per heavy atom. The number of piperazine rings is 1. The van der Waals surface area contributed by atoms with Crippen LogP contribution in [0, 0.1) is 24.1 Å². The fourth-order valence-corrected chi connectivity index (χ4v) is 6.63. The number of halogens is 1. The molecule has 2 aliphatic heterocycles. The predicted octanol–water partition coefficient (Wildman–Crippen LogP) is 5.71. The Kier molecular flexibility index (Phi) is 7.18. The number of benzene rings is 3. The summed E-state index contributed by atoms with van der Waals surface area (Å²) in [5.41, 5.74) is 6.70. The van der Waals surface area contributed by atoms with Crippen LogP contribution in [0.4, 0.5) is 10.1 Å². The second-order valence-electron chi connectivity index (χ2n) is 11.7. The molecule has 3 aromatic carbocycles. The third-order valence-corrected chi connectivity index (χ3v) is 8.89. The molecule has 5 aromatic rings. The summed E-state index contributed by atoms with van der Waals surface area (Å²) in [4.78, 5) is 23.8. The number of likely N-dealkylation sites (N-methyl/N-ethyl adjacent to an activating group) is 1. The van der Waals surface area contributed by atoms with E-state index in [0.717, 1.165) is 36.1 Å². The van der Waals surface area contributed by atoms with Gasteiger partial charge in [-0.2, -0.15) is 10.4 Å². The van der Waals surface area contributed by atoms with Gasteiger partial charge in [0, 0.05) is 50.2 Å². The minimum absolute atomic E-state index is 0.104. The zero-order chi connectivity index (χ0) is 31.2. The summed E-state index contributed by atoms with van der Waals surface area (Å²) in [6.45, 7) is 9.26. The number of aromatic nitrogens is 3.